The maximum Gasteiger partial charge on any atom is -0.00773 e. The van der Waals surface area contributed by atoms with E-state index in [-0.39, 0.29) is 0 Å². The molecule has 34 heavy (non-hydrogen) atoms. The first-order valence-electron chi connectivity index (χ1n) is 16.2. The Hall–Kier alpha value is 0.310. The van der Waals surface area contributed by atoms with Gasteiger partial charge < -0.3 is 5.73 Å². The molecule has 2 N–H and O–H groups in total. The van der Waals surface area contributed by atoms with E-state index >= 15 is 0 Å². The smallest absolute Gasteiger partial charge is 0.00773 e. The summed E-state index contributed by atoms with van der Waals surface area (Å²) in [5, 5.41) is 0. The number of hydrogen-bond donors (Lipinski definition) is 2. The van der Waals surface area contributed by atoms with Crippen molar-refractivity contribution >= 4 is 12.6 Å². The lowest BCUT2D eigenvalue weighted by Gasteiger charge is -2.04. The van der Waals surface area contributed by atoms with Crippen molar-refractivity contribution in [1.29, 1.82) is 0 Å². The minimum Gasteiger partial charge on any atom is -0.330 e. The molecule has 0 amide bonds. The molecule has 0 aromatic rings. The van der Waals surface area contributed by atoms with E-state index in [1.165, 1.54) is 193 Å². The van der Waals surface area contributed by atoms with Crippen LogP contribution >= 0.6 is 12.6 Å². The van der Waals surface area contributed by atoms with Crippen molar-refractivity contribution in [2.75, 3.05) is 12.3 Å². The summed E-state index contributed by atoms with van der Waals surface area (Å²) in [4.78, 5) is 0. The van der Waals surface area contributed by atoms with Gasteiger partial charge in [0.2, 0.25) is 0 Å². The van der Waals surface area contributed by atoms with Gasteiger partial charge in [-0.3, -0.25) is 0 Å². The van der Waals surface area contributed by atoms with Gasteiger partial charge in [-0.2, -0.15) is 12.6 Å². The van der Waals surface area contributed by atoms with Crippen LogP contribution in [0.2, 0.25) is 0 Å². The molecule has 0 spiro atoms. The Morgan fingerprint density at radius 1 is 0.235 bits per heavy atom. The Morgan fingerprint density at radius 3 is 0.529 bits per heavy atom. The van der Waals surface area contributed by atoms with E-state index in [4.69, 9.17) is 5.73 Å². The monoisotopic (exact) mass is 497 g/mol. The van der Waals surface area contributed by atoms with Crippen molar-refractivity contribution in [3.05, 3.63) is 0 Å². The highest BCUT2D eigenvalue weighted by atomic mass is 32.1. The molecular formula is C32H67NS. The Morgan fingerprint density at radius 2 is 0.382 bits per heavy atom. The predicted octanol–water partition coefficient (Wildman–Crippen LogP) is 11.6. The number of thiol groups is 1. The second-order valence-electron chi connectivity index (χ2n) is 11.1. The van der Waals surface area contributed by atoms with Crippen molar-refractivity contribution in [1.82, 2.24) is 0 Å². The van der Waals surface area contributed by atoms with Crippen LogP contribution in [0.5, 0.6) is 0 Å². The minimum absolute atomic E-state index is 0.873. The molecule has 0 radical (unpaired) electrons. The third kappa shape index (κ3) is 32.3. The quantitative estimate of drug-likeness (QED) is 0.0722. The van der Waals surface area contributed by atoms with Gasteiger partial charge in [0.15, 0.2) is 0 Å². The van der Waals surface area contributed by atoms with Crippen LogP contribution in [0.4, 0.5) is 0 Å². The molecule has 0 rings (SSSR count). The Labute approximate surface area is 223 Å². The van der Waals surface area contributed by atoms with Gasteiger partial charge in [0, 0.05) is 0 Å². The van der Waals surface area contributed by atoms with Gasteiger partial charge in [-0.15, -0.1) is 0 Å². The second-order valence-corrected chi connectivity index (χ2v) is 11.6. The van der Waals surface area contributed by atoms with Crippen LogP contribution in [0.1, 0.15) is 193 Å². The summed E-state index contributed by atoms with van der Waals surface area (Å²) < 4.78 is 0. The third-order valence-corrected chi connectivity index (χ3v) is 7.93. The summed E-state index contributed by atoms with van der Waals surface area (Å²) >= 11 is 4.28. The molecule has 0 saturated heterocycles. The van der Waals surface area contributed by atoms with Crippen molar-refractivity contribution in [3.63, 3.8) is 0 Å². The highest BCUT2D eigenvalue weighted by molar-refractivity contribution is 7.80. The molecule has 0 aliphatic carbocycles. The lowest BCUT2D eigenvalue weighted by Crippen LogP contribution is -1.97. The fourth-order valence-corrected chi connectivity index (χ4v) is 5.43. The van der Waals surface area contributed by atoms with E-state index in [1.807, 2.05) is 0 Å². The standard InChI is InChI=1S/C32H67NS/c33-31-29-27-25-23-21-19-17-15-13-11-9-7-5-3-1-2-4-6-8-10-12-14-16-18-20-22-24-26-28-30-32-34/h34H,1-33H2. The summed E-state index contributed by atoms with van der Waals surface area (Å²) in [5.41, 5.74) is 5.54. The molecule has 0 unspecified atom stereocenters. The molecule has 0 atom stereocenters. The van der Waals surface area contributed by atoms with Crippen LogP contribution in [-0.4, -0.2) is 12.3 Å². The number of nitrogens with two attached hydrogens (primary N) is 1. The summed E-state index contributed by atoms with van der Waals surface area (Å²) in [7, 11) is 0. The molecule has 0 bridgehead atoms. The fraction of sp³-hybridized carbons (Fsp3) is 1.00. The van der Waals surface area contributed by atoms with Gasteiger partial charge in [0.1, 0.15) is 0 Å². The van der Waals surface area contributed by atoms with Crippen LogP contribution < -0.4 is 5.73 Å². The summed E-state index contributed by atoms with van der Waals surface area (Å²) in [5.74, 6) is 1.07. The molecule has 0 saturated carbocycles. The van der Waals surface area contributed by atoms with E-state index in [9.17, 15) is 0 Å². The predicted molar refractivity (Wildman–Crippen MR) is 161 cm³/mol. The molecular weight excluding hydrogens is 430 g/mol. The largest absolute Gasteiger partial charge is 0.330 e. The van der Waals surface area contributed by atoms with Crippen LogP contribution in [0.25, 0.3) is 0 Å². The topological polar surface area (TPSA) is 26.0 Å². The van der Waals surface area contributed by atoms with Crippen molar-refractivity contribution in [3.8, 4) is 0 Å². The van der Waals surface area contributed by atoms with Gasteiger partial charge in [-0.25, -0.2) is 0 Å². The molecule has 0 aromatic heterocycles. The first-order valence-corrected chi connectivity index (χ1v) is 16.9. The van der Waals surface area contributed by atoms with Crippen molar-refractivity contribution in [2.24, 2.45) is 5.73 Å². The zero-order valence-electron chi connectivity index (χ0n) is 23.7. The minimum atomic E-state index is 0.873. The zero-order valence-corrected chi connectivity index (χ0v) is 24.5. The third-order valence-electron chi connectivity index (χ3n) is 7.61. The Balaban J connectivity index is 2.99. The fourth-order valence-electron chi connectivity index (χ4n) is 5.21. The van der Waals surface area contributed by atoms with Crippen LogP contribution in [0, 0.1) is 0 Å². The normalized spacial score (nSPS) is 11.5. The zero-order chi connectivity index (χ0) is 24.6. The number of rotatable bonds is 31. The first-order chi connectivity index (χ1) is 16.9. The van der Waals surface area contributed by atoms with E-state index in [0.717, 1.165) is 12.3 Å². The first kappa shape index (κ1) is 34.3. The summed E-state index contributed by atoms with van der Waals surface area (Å²) in [6, 6.07) is 0. The molecule has 206 valence electrons. The Kier molecular flexibility index (Phi) is 33.6. The van der Waals surface area contributed by atoms with Crippen molar-refractivity contribution < 1.29 is 0 Å². The maximum absolute atomic E-state index is 5.54. The van der Waals surface area contributed by atoms with E-state index in [0.29, 0.717) is 0 Å². The molecule has 0 heterocycles. The molecule has 1 nitrogen and oxygen atoms in total. The van der Waals surface area contributed by atoms with Crippen LogP contribution in [0.3, 0.4) is 0 Å². The molecule has 0 aromatic carbocycles. The van der Waals surface area contributed by atoms with Gasteiger partial charge in [-0.05, 0) is 25.1 Å². The Bertz CT molecular complexity index is 301. The molecule has 0 aliphatic heterocycles. The van der Waals surface area contributed by atoms with Gasteiger partial charge in [-0.1, -0.05) is 180 Å². The van der Waals surface area contributed by atoms with Gasteiger partial charge in [0.25, 0.3) is 0 Å². The highest BCUT2D eigenvalue weighted by Gasteiger charge is 1.97. The average Bonchev–Trinajstić information content (AvgIpc) is 2.85. The lowest BCUT2D eigenvalue weighted by atomic mass is 10.0. The van der Waals surface area contributed by atoms with E-state index in [2.05, 4.69) is 12.6 Å². The number of hydrogen-bond acceptors (Lipinski definition) is 2. The van der Waals surface area contributed by atoms with Crippen LogP contribution in [-0.2, 0) is 0 Å². The molecule has 0 aliphatic rings. The highest BCUT2D eigenvalue weighted by Crippen LogP contribution is 2.16. The van der Waals surface area contributed by atoms with Gasteiger partial charge in [0.05, 0.1) is 0 Å². The summed E-state index contributed by atoms with van der Waals surface area (Å²) in [6.07, 6.45) is 43.5. The van der Waals surface area contributed by atoms with E-state index in [1.54, 1.807) is 0 Å². The van der Waals surface area contributed by atoms with Crippen LogP contribution in [0.15, 0.2) is 0 Å². The molecule has 2 heteroatoms. The van der Waals surface area contributed by atoms with Crippen molar-refractivity contribution in [2.45, 2.75) is 193 Å². The summed E-state index contributed by atoms with van der Waals surface area (Å²) in [6.45, 7) is 0.873. The van der Waals surface area contributed by atoms with E-state index < -0.39 is 0 Å². The molecule has 0 fully saturated rings. The average molecular weight is 498 g/mol. The maximum atomic E-state index is 5.54. The second kappa shape index (κ2) is 33.3. The SMILES string of the molecule is NCCCCCCCCCCCCCCCCCCCCCCCCCCCCCCCCS. The lowest BCUT2D eigenvalue weighted by molar-refractivity contribution is 0.513. The van der Waals surface area contributed by atoms with Gasteiger partial charge >= 0.3 is 0 Å². The number of unbranched alkanes of at least 4 members (excludes halogenated alkanes) is 29.